The number of sulfone groups is 1. The normalized spacial score (nSPS) is 11.6. The molecule has 1 heterocycles. The molecule has 0 spiro atoms. The number of hydrogen-bond acceptors (Lipinski definition) is 5. The number of benzene rings is 2. The molecule has 0 aliphatic heterocycles. The van der Waals surface area contributed by atoms with Gasteiger partial charge in [0.1, 0.15) is 11.8 Å². The average Bonchev–Trinajstić information content (AvgIpc) is 2.56. The van der Waals surface area contributed by atoms with Crippen LogP contribution in [0.5, 0.6) is 0 Å². The van der Waals surface area contributed by atoms with E-state index in [0.717, 1.165) is 17.4 Å². The molecular formula is C19H16O5S. The minimum atomic E-state index is -3.60. The van der Waals surface area contributed by atoms with E-state index in [1.165, 1.54) is 0 Å². The van der Waals surface area contributed by atoms with Crippen LogP contribution in [0.25, 0.3) is 11.0 Å². The van der Waals surface area contributed by atoms with Gasteiger partial charge in [-0.25, -0.2) is 8.42 Å². The summed E-state index contributed by atoms with van der Waals surface area (Å²) in [5.74, 6) is -0.294. The van der Waals surface area contributed by atoms with E-state index in [1.54, 1.807) is 43.3 Å². The lowest BCUT2D eigenvalue weighted by Gasteiger charge is -2.09. The average molecular weight is 356 g/mol. The first-order valence-corrected chi connectivity index (χ1v) is 9.27. The number of fused-ring (bicyclic) bond motifs is 1. The van der Waals surface area contributed by atoms with Gasteiger partial charge in [-0.2, -0.15) is 0 Å². The predicted octanol–water partition coefficient (Wildman–Crippen LogP) is 3.20. The van der Waals surface area contributed by atoms with Crippen molar-refractivity contribution in [1.82, 2.24) is 0 Å². The molecule has 0 aliphatic rings. The molecule has 0 saturated heterocycles. The number of hydrogen-bond donors (Lipinski definition) is 0. The van der Waals surface area contributed by atoms with E-state index >= 15 is 0 Å². The maximum atomic E-state index is 12.7. The second kappa shape index (κ2) is 6.29. The zero-order valence-corrected chi connectivity index (χ0v) is 14.6. The molecule has 3 aromatic rings. The fraction of sp³-hybridized carbons (Fsp3) is 0.158. The smallest absolute Gasteiger partial charge is 0.203 e. The van der Waals surface area contributed by atoms with Crippen LogP contribution in [0.15, 0.2) is 56.8 Å². The molecule has 25 heavy (non-hydrogen) atoms. The third-order valence-electron chi connectivity index (χ3n) is 3.97. The van der Waals surface area contributed by atoms with Gasteiger partial charge in [-0.05, 0) is 37.6 Å². The molecule has 0 amide bonds. The zero-order valence-electron chi connectivity index (χ0n) is 13.8. The van der Waals surface area contributed by atoms with E-state index in [9.17, 15) is 18.0 Å². The summed E-state index contributed by atoms with van der Waals surface area (Å²) >= 11 is 0. The van der Waals surface area contributed by atoms with Crippen molar-refractivity contribution in [2.75, 3.05) is 0 Å². The number of carbonyl (C=O) groups excluding carboxylic acids is 1. The maximum Gasteiger partial charge on any atom is 0.203 e. The molecule has 0 bridgehead atoms. The molecule has 0 N–H and O–H groups in total. The van der Waals surface area contributed by atoms with Gasteiger partial charge in [0.05, 0.1) is 21.6 Å². The zero-order chi connectivity index (χ0) is 18.2. The monoisotopic (exact) mass is 356 g/mol. The molecule has 1 aromatic heterocycles. The van der Waals surface area contributed by atoms with Crippen molar-refractivity contribution >= 4 is 27.1 Å². The van der Waals surface area contributed by atoms with Crippen molar-refractivity contribution < 1.29 is 17.6 Å². The summed E-state index contributed by atoms with van der Waals surface area (Å²) < 4.78 is 30.8. The molecule has 5 nitrogen and oxygen atoms in total. The van der Waals surface area contributed by atoms with E-state index in [4.69, 9.17) is 4.42 Å². The van der Waals surface area contributed by atoms with Crippen molar-refractivity contribution in [3.63, 3.8) is 0 Å². The Labute approximate surface area is 144 Å². The van der Waals surface area contributed by atoms with Gasteiger partial charge in [0.15, 0.2) is 16.1 Å². The molecule has 0 aliphatic carbocycles. The Balaban J connectivity index is 2.16. The molecule has 6 heteroatoms. The molecule has 0 fully saturated rings. The number of aldehydes is 1. The molecule has 0 atom stereocenters. The molecule has 0 saturated carbocycles. The van der Waals surface area contributed by atoms with Crippen LogP contribution in [0.1, 0.15) is 27.0 Å². The van der Waals surface area contributed by atoms with Crippen LogP contribution in [0.2, 0.25) is 0 Å². The van der Waals surface area contributed by atoms with Crippen molar-refractivity contribution in [1.29, 1.82) is 0 Å². The largest absolute Gasteiger partial charge is 0.463 e. The Morgan fingerprint density at radius 2 is 1.72 bits per heavy atom. The minimum absolute atomic E-state index is 0.0922. The van der Waals surface area contributed by atoms with Crippen molar-refractivity contribution in [3.8, 4) is 0 Å². The summed E-state index contributed by atoms with van der Waals surface area (Å²) in [7, 11) is -3.60. The predicted molar refractivity (Wildman–Crippen MR) is 94.7 cm³/mol. The Bertz CT molecular complexity index is 1120. The van der Waals surface area contributed by atoms with Gasteiger partial charge in [-0.3, -0.25) is 9.59 Å². The Morgan fingerprint density at radius 3 is 2.36 bits per heavy atom. The fourth-order valence-corrected chi connectivity index (χ4v) is 4.05. The van der Waals surface area contributed by atoms with E-state index in [-0.39, 0.29) is 27.2 Å². The highest BCUT2D eigenvalue weighted by atomic mass is 32.2. The summed E-state index contributed by atoms with van der Waals surface area (Å²) in [6, 6.07) is 9.86. The highest BCUT2D eigenvalue weighted by molar-refractivity contribution is 7.90. The van der Waals surface area contributed by atoms with E-state index in [1.807, 2.05) is 6.92 Å². The maximum absolute atomic E-state index is 12.7. The van der Waals surface area contributed by atoms with E-state index < -0.39 is 15.3 Å². The van der Waals surface area contributed by atoms with Gasteiger partial charge in [-0.1, -0.05) is 23.8 Å². The quantitative estimate of drug-likeness (QED) is 0.671. The Morgan fingerprint density at radius 1 is 1.04 bits per heavy atom. The third kappa shape index (κ3) is 3.25. The Kier molecular flexibility index (Phi) is 4.30. The van der Waals surface area contributed by atoms with Gasteiger partial charge in [0, 0.05) is 5.56 Å². The van der Waals surface area contributed by atoms with Crippen LogP contribution in [-0.4, -0.2) is 14.7 Å². The van der Waals surface area contributed by atoms with Crippen LogP contribution in [0, 0.1) is 13.8 Å². The summed E-state index contributed by atoms with van der Waals surface area (Å²) in [5.41, 5.74) is 1.71. The van der Waals surface area contributed by atoms with Crippen molar-refractivity contribution in [2.45, 2.75) is 24.5 Å². The molecule has 2 aromatic carbocycles. The highest BCUT2D eigenvalue weighted by Crippen LogP contribution is 2.24. The van der Waals surface area contributed by atoms with Crippen molar-refractivity contribution in [2.24, 2.45) is 0 Å². The van der Waals surface area contributed by atoms with Crippen LogP contribution >= 0.6 is 0 Å². The summed E-state index contributed by atoms with van der Waals surface area (Å²) in [6.07, 6.45) is 1.49. The molecule has 0 radical (unpaired) electrons. The highest BCUT2D eigenvalue weighted by Gasteiger charge is 2.19. The van der Waals surface area contributed by atoms with Gasteiger partial charge in [-0.15, -0.1) is 0 Å². The summed E-state index contributed by atoms with van der Waals surface area (Å²) in [5, 5.41) is 0.207. The first-order valence-electron chi connectivity index (χ1n) is 7.61. The summed E-state index contributed by atoms with van der Waals surface area (Å²) in [6.45, 7) is 3.64. The lowest BCUT2D eigenvalue weighted by molar-refractivity contribution is 0.112. The van der Waals surface area contributed by atoms with Gasteiger partial charge >= 0.3 is 0 Å². The van der Waals surface area contributed by atoms with Crippen LogP contribution < -0.4 is 5.43 Å². The standard InChI is InChI=1S/C19H16O5S/c1-12-3-5-16(6-4-12)25(22,23)11-14-7-13(2)8-17-18(21)15(9-20)10-24-19(14)17/h3-10H,11H2,1-2H3. The number of rotatable bonds is 4. The second-order valence-electron chi connectivity index (χ2n) is 6.01. The van der Waals surface area contributed by atoms with Crippen LogP contribution in [0.4, 0.5) is 0 Å². The van der Waals surface area contributed by atoms with Crippen LogP contribution in [-0.2, 0) is 15.6 Å². The topological polar surface area (TPSA) is 81.4 Å². The molecular weight excluding hydrogens is 340 g/mol. The summed E-state index contributed by atoms with van der Waals surface area (Å²) in [4.78, 5) is 23.4. The SMILES string of the molecule is Cc1ccc(S(=O)(=O)Cc2cc(C)cc3c(=O)c(C=O)coc23)cc1. The molecule has 0 unspecified atom stereocenters. The number of aryl methyl sites for hydroxylation is 2. The third-order valence-corrected chi connectivity index (χ3v) is 5.65. The van der Waals surface area contributed by atoms with Gasteiger partial charge in [0.25, 0.3) is 0 Å². The van der Waals surface area contributed by atoms with Crippen LogP contribution in [0.3, 0.4) is 0 Å². The van der Waals surface area contributed by atoms with E-state index in [0.29, 0.717) is 11.8 Å². The first-order chi connectivity index (χ1) is 11.8. The first kappa shape index (κ1) is 17.1. The van der Waals surface area contributed by atoms with Gasteiger partial charge < -0.3 is 4.42 Å². The second-order valence-corrected chi connectivity index (χ2v) is 8.00. The minimum Gasteiger partial charge on any atom is -0.463 e. The Hall–Kier alpha value is -2.73. The number of carbonyl (C=O) groups is 1. The molecule has 128 valence electrons. The lowest BCUT2D eigenvalue weighted by atomic mass is 10.1. The van der Waals surface area contributed by atoms with Crippen molar-refractivity contribution in [3.05, 3.63) is 75.1 Å². The fourth-order valence-electron chi connectivity index (χ4n) is 2.71. The van der Waals surface area contributed by atoms with E-state index in [2.05, 4.69) is 0 Å². The lowest BCUT2D eigenvalue weighted by Crippen LogP contribution is -2.11. The molecule has 3 rings (SSSR count). The van der Waals surface area contributed by atoms with Gasteiger partial charge in [0.2, 0.25) is 5.43 Å².